The number of aryl methyl sites for hydroxylation is 1. The van der Waals surface area contributed by atoms with E-state index in [4.69, 9.17) is 5.73 Å². The first-order chi connectivity index (χ1) is 8.63. The molecule has 4 nitrogen and oxygen atoms in total. The summed E-state index contributed by atoms with van der Waals surface area (Å²) >= 11 is 0. The summed E-state index contributed by atoms with van der Waals surface area (Å²) in [5.74, 6) is 0. The van der Waals surface area contributed by atoms with E-state index in [-0.39, 0.29) is 0 Å². The predicted octanol–water partition coefficient (Wildman–Crippen LogP) is 2.00. The molecular formula is C14H18N4. The van der Waals surface area contributed by atoms with Gasteiger partial charge in [0.15, 0.2) is 0 Å². The van der Waals surface area contributed by atoms with E-state index in [0.717, 1.165) is 30.2 Å². The van der Waals surface area contributed by atoms with Crippen molar-refractivity contribution in [2.24, 2.45) is 0 Å². The zero-order valence-electron chi connectivity index (χ0n) is 10.8. The number of aromatic nitrogens is 2. The van der Waals surface area contributed by atoms with Crippen molar-refractivity contribution in [1.82, 2.24) is 14.9 Å². The van der Waals surface area contributed by atoms with Crippen LogP contribution in [0.15, 0.2) is 36.5 Å². The third-order valence-corrected chi connectivity index (χ3v) is 2.66. The molecule has 0 amide bonds. The van der Waals surface area contributed by atoms with Gasteiger partial charge in [0.1, 0.15) is 0 Å². The Kier molecular flexibility index (Phi) is 3.89. The van der Waals surface area contributed by atoms with Crippen LogP contribution < -0.4 is 5.73 Å². The second-order valence-electron chi connectivity index (χ2n) is 4.53. The molecule has 0 aliphatic carbocycles. The highest BCUT2D eigenvalue weighted by Crippen LogP contribution is 2.07. The SMILES string of the molecule is Cc1cccc(CN(C)Cc2ccc(N)cn2)n1. The summed E-state index contributed by atoms with van der Waals surface area (Å²) in [6.45, 7) is 3.61. The summed E-state index contributed by atoms with van der Waals surface area (Å²) in [5, 5.41) is 0. The van der Waals surface area contributed by atoms with Gasteiger partial charge in [0.2, 0.25) is 0 Å². The monoisotopic (exact) mass is 242 g/mol. The topological polar surface area (TPSA) is 55.0 Å². The molecule has 0 aromatic carbocycles. The molecule has 2 aromatic rings. The first-order valence-electron chi connectivity index (χ1n) is 5.95. The highest BCUT2D eigenvalue weighted by molar-refractivity contribution is 5.34. The second-order valence-corrected chi connectivity index (χ2v) is 4.53. The van der Waals surface area contributed by atoms with E-state index in [0.29, 0.717) is 5.69 Å². The van der Waals surface area contributed by atoms with Crippen LogP contribution in [0.2, 0.25) is 0 Å². The van der Waals surface area contributed by atoms with Crippen LogP contribution in [0.5, 0.6) is 0 Å². The molecule has 2 aromatic heterocycles. The van der Waals surface area contributed by atoms with E-state index < -0.39 is 0 Å². The van der Waals surface area contributed by atoms with Gasteiger partial charge in [0.25, 0.3) is 0 Å². The lowest BCUT2D eigenvalue weighted by Gasteiger charge is -2.15. The van der Waals surface area contributed by atoms with Gasteiger partial charge in [-0.3, -0.25) is 14.9 Å². The fraction of sp³-hybridized carbons (Fsp3) is 0.286. The Balaban J connectivity index is 1.96. The molecular weight excluding hydrogens is 224 g/mol. The first-order valence-corrected chi connectivity index (χ1v) is 5.95. The van der Waals surface area contributed by atoms with Gasteiger partial charge in [0.05, 0.1) is 23.3 Å². The van der Waals surface area contributed by atoms with E-state index in [1.807, 2.05) is 37.3 Å². The number of rotatable bonds is 4. The van der Waals surface area contributed by atoms with Crippen LogP contribution >= 0.6 is 0 Å². The number of nitrogens with two attached hydrogens (primary N) is 1. The van der Waals surface area contributed by atoms with Crippen LogP contribution in [0.1, 0.15) is 17.1 Å². The number of nitrogen functional groups attached to an aromatic ring is 1. The molecule has 18 heavy (non-hydrogen) atoms. The molecule has 0 atom stereocenters. The fourth-order valence-electron chi connectivity index (χ4n) is 1.83. The molecule has 94 valence electrons. The van der Waals surface area contributed by atoms with Gasteiger partial charge in [-0.15, -0.1) is 0 Å². The van der Waals surface area contributed by atoms with Gasteiger partial charge in [-0.2, -0.15) is 0 Å². The van der Waals surface area contributed by atoms with Crippen LogP contribution in [0.4, 0.5) is 5.69 Å². The molecule has 0 saturated heterocycles. The lowest BCUT2D eigenvalue weighted by atomic mass is 10.3. The van der Waals surface area contributed by atoms with Crippen molar-refractivity contribution in [2.75, 3.05) is 12.8 Å². The Hall–Kier alpha value is -1.94. The first kappa shape index (κ1) is 12.5. The lowest BCUT2D eigenvalue weighted by molar-refractivity contribution is 0.311. The quantitative estimate of drug-likeness (QED) is 0.891. The Bertz CT molecular complexity index is 507. The Morgan fingerprint density at radius 2 is 1.89 bits per heavy atom. The van der Waals surface area contributed by atoms with Crippen molar-refractivity contribution in [3.8, 4) is 0 Å². The number of hydrogen-bond acceptors (Lipinski definition) is 4. The van der Waals surface area contributed by atoms with Crippen molar-refractivity contribution < 1.29 is 0 Å². The molecule has 0 fully saturated rings. The fourth-order valence-corrected chi connectivity index (χ4v) is 1.83. The van der Waals surface area contributed by atoms with Crippen LogP contribution in [-0.4, -0.2) is 21.9 Å². The summed E-state index contributed by atoms with van der Waals surface area (Å²) in [6, 6.07) is 9.91. The summed E-state index contributed by atoms with van der Waals surface area (Å²) in [6.07, 6.45) is 1.69. The zero-order valence-corrected chi connectivity index (χ0v) is 10.8. The second kappa shape index (κ2) is 5.60. The number of pyridine rings is 2. The average Bonchev–Trinajstić information content (AvgIpc) is 2.32. The standard InChI is InChI=1S/C14H18N4/c1-11-4-3-5-14(17-11)10-18(2)9-13-7-6-12(15)8-16-13/h3-8H,9-10,15H2,1-2H3. The Labute approximate surface area is 107 Å². The Morgan fingerprint density at radius 3 is 2.56 bits per heavy atom. The van der Waals surface area contributed by atoms with Crippen LogP contribution in [0, 0.1) is 6.92 Å². The number of hydrogen-bond donors (Lipinski definition) is 1. The highest BCUT2D eigenvalue weighted by atomic mass is 15.1. The molecule has 0 saturated carbocycles. The molecule has 2 rings (SSSR count). The summed E-state index contributed by atoms with van der Waals surface area (Å²) in [5.41, 5.74) is 9.45. The summed E-state index contributed by atoms with van der Waals surface area (Å²) < 4.78 is 0. The van der Waals surface area contributed by atoms with Crippen LogP contribution in [0.25, 0.3) is 0 Å². The smallest absolute Gasteiger partial charge is 0.0547 e. The lowest BCUT2D eigenvalue weighted by Crippen LogP contribution is -2.18. The molecule has 0 aliphatic heterocycles. The van der Waals surface area contributed by atoms with Crippen molar-refractivity contribution >= 4 is 5.69 Å². The summed E-state index contributed by atoms with van der Waals surface area (Å²) in [4.78, 5) is 11.0. The molecule has 4 heteroatoms. The maximum Gasteiger partial charge on any atom is 0.0547 e. The zero-order chi connectivity index (χ0) is 13.0. The van der Waals surface area contributed by atoms with E-state index in [1.165, 1.54) is 0 Å². The van der Waals surface area contributed by atoms with Gasteiger partial charge in [-0.05, 0) is 38.2 Å². The number of anilines is 1. The van der Waals surface area contributed by atoms with E-state index in [2.05, 4.69) is 21.9 Å². The molecule has 0 bridgehead atoms. The molecule has 0 unspecified atom stereocenters. The van der Waals surface area contributed by atoms with Gasteiger partial charge in [-0.25, -0.2) is 0 Å². The minimum Gasteiger partial charge on any atom is -0.397 e. The third-order valence-electron chi connectivity index (χ3n) is 2.66. The van der Waals surface area contributed by atoms with Crippen molar-refractivity contribution in [1.29, 1.82) is 0 Å². The van der Waals surface area contributed by atoms with Crippen molar-refractivity contribution in [3.63, 3.8) is 0 Å². The van der Waals surface area contributed by atoms with Crippen LogP contribution in [-0.2, 0) is 13.1 Å². The van der Waals surface area contributed by atoms with E-state index >= 15 is 0 Å². The van der Waals surface area contributed by atoms with Crippen molar-refractivity contribution in [3.05, 3.63) is 53.6 Å². The average molecular weight is 242 g/mol. The van der Waals surface area contributed by atoms with Gasteiger partial charge in [0, 0.05) is 18.8 Å². The molecule has 0 spiro atoms. The van der Waals surface area contributed by atoms with E-state index in [9.17, 15) is 0 Å². The van der Waals surface area contributed by atoms with Gasteiger partial charge >= 0.3 is 0 Å². The van der Waals surface area contributed by atoms with Gasteiger partial charge < -0.3 is 5.73 Å². The highest BCUT2D eigenvalue weighted by Gasteiger charge is 2.03. The van der Waals surface area contributed by atoms with E-state index in [1.54, 1.807) is 6.20 Å². The molecule has 2 N–H and O–H groups in total. The molecule has 2 heterocycles. The van der Waals surface area contributed by atoms with Crippen LogP contribution in [0.3, 0.4) is 0 Å². The molecule has 0 radical (unpaired) electrons. The Morgan fingerprint density at radius 1 is 1.11 bits per heavy atom. The molecule has 0 aliphatic rings. The van der Waals surface area contributed by atoms with Crippen molar-refractivity contribution in [2.45, 2.75) is 20.0 Å². The largest absolute Gasteiger partial charge is 0.397 e. The minimum atomic E-state index is 0.696. The minimum absolute atomic E-state index is 0.696. The maximum absolute atomic E-state index is 5.61. The van der Waals surface area contributed by atoms with Gasteiger partial charge in [-0.1, -0.05) is 6.07 Å². The predicted molar refractivity (Wildman–Crippen MR) is 72.8 cm³/mol. The maximum atomic E-state index is 5.61. The normalized spacial score (nSPS) is 10.8. The number of nitrogens with zero attached hydrogens (tertiary/aromatic N) is 3. The third kappa shape index (κ3) is 3.53. The summed E-state index contributed by atoms with van der Waals surface area (Å²) in [7, 11) is 2.06.